The fourth-order valence-corrected chi connectivity index (χ4v) is 6.62. The largest absolute Gasteiger partial charge is 0.388 e. The maximum Gasteiger partial charge on any atom is 0.217 e. The second-order valence-electron chi connectivity index (χ2n) is 13.4. The first-order valence-corrected chi connectivity index (χ1v) is 18.0. The molecule has 4 aromatic carbocycles. The molecule has 0 spiro atoms. The number of carbonyl (C=O) groups excluding carboxylic acids is 1. The lowest BCUT2D eigenvalue weighted by molar-refractivity contribution is -0.352. The highest BCUT2D eigenvalue weighted by atomic mass is 16.7. The molecule has 2 heterocycles. The Morgan fingerprint density at radius 2 is 1.08 bits per heavy atom. The first kappa shape index (κ1) is 38.7. The van der Waals surface area contributed by atoms with Gasteiger partial charge < -0.3 is 48.7 Å². The van der Waals surface area contributed by atoms with Gasteiger partial charge in [0.1, 0.15) is 42.7 Å². The highest BCUT2D eigenvalue weighted by Gasteiger charge is 2.52. The standard InChI is InChI=1S/C42H49NO10/c1-28-37(48-24-31-17-9-4-10-18-31)39(49-25-32-19-11-5-12-20-32)40(50-26-33-21-13-6-14-22-33)42(51-28)53-38-35(43-29(2)44)41(46)52-34(36(38)45)27-47-23-30-15-7-3-8-16-30/h3-22,28,34-42,45-46H,23-27H2,1-2H3,(H,43,44). The van der Waals surface area contributed by atoms with Crippen LogP contribution in [0, 0.1) is 0 Å². The summed E-state index contributed by atoms with van der Waals surface area (Å²) in [5, 5.41) is 25.6. The summed E-state index contributed by atoms with van der Waals surface area (Å²) < 4.78 is 44.7. The molecule has 2 aliphatic rings. The zero-order valence-corrected chi connectivity index (χ0v) is 30.0. The van der Waals surface area contributed by atoms with Gasteiger partial charge in [-0.05, 0) is 29.2 Å². The molecule has 10 atom stereocenters. The van der Waals surface area contributed by atoms with Gasteiger partial charge in [-0.3, -0.25) is 4.79 Å². The zero-order chi connectivity index (χ0) is 37.0. The van der Waals surface area contributed by atoms with Gasteiger partial charge in [-0.2, -0.15) is 0 Å². The number of ether oxygens (including phenoxy) is 7. The molecule has 3 N–H and O–H groups in total. The topological polar surface area (TPSA) is 134 Å². The monoisotopic (exact) mass is 727 g/mol. The average molecular weight is 728 g/mol. The Morgan fingerprint density at radius 3 is 1.57 bits per heavy atom. The quantitative estimate of drug-likeness (QED) is 0.150. The lowest BCUT2D eigenvalue weighted by Gasteiger charge is -2.48. The van der Waals surface area contributed by atoms with Crippen molar-refractivity contribution in [3.8, 4) is 0 Å². The van der Waals surface area contributed by atoms with Crippen molar-refractivity contribution in [1.29, 1.82) is 0 Å². The van der Waals surface area contributed by atoms with E-state index in [-0.39, 0.29) is 26.4 Å². The maximum absolute atomic E-state index is 12.4. The summed E-state index contributed by atoms with van der Waals surface area (Å²) in [4.78, 5) is 12.4. The van der Waals surface area contributed by atoms with E-state index >= 15 is 0 Å². The molecule has 0 bridgehead atoms. The molecule has 4 aromatic rings. The predicted molar refractivity (Wildman–Crippen MR) is 195 cm³/mol. The van der Waals surface area contributed by atoms with E-state index < -0.39 is 67.3 Å². The fraction of sp³-hybridized carbons (Fsp3) is 0.405. The van der Waals surface area contributed by atoms with E-state index in [1.807, 2.05) is 128 Å². The average Bonchev–Trinajstić information content (AvgIpc) is 3.18. The van der Waals surface area contributed by atoms with Gasteiger partial charge >= 0.3 is 0 Å². The molecule has 2 aliphatic heterocycles. The number of carbonyl (C=O) groups is 1. The van der Waals surface area contributed by atoms with E-state index in [4.69, 9.17) is 33.2 Å². The molecule has 11 nitrogen and oxygen atoms in total. The summed E-state index contributed by atoms with van der Waals surface area (Å²) in [6.07, 6.45) is -8.90. The van der Waals surface area contributed by atoms with E-state index in [2.05, 4.69) is 5.32 Å². The van der Waals surface area contributed by atoms with Crippen LogP contribution in [0.5, 0.6) is 0 Å². The van der Waals surface area contributed by atoms with Crippen LogP contribution in [0.2, 0.25) is 0 Å². The third-order valence-electron chi connectivity index (χ3n) is 9.33. The highest BCUT2D eigenvalue weighted by molar-refractivity contribution is 5.73. The van der Waals surface area contributed by atoms with Crippen molar-refractivity contribution < 1.29 is 48.2 Å². The van der Waals surface area contributed by atoms with E-state index in [1.165, 1.54) is 6.92 Å². The Labute approximate surface area is 310 Å². The minimum absolute atomic E-state index is 0.0478. The summed E-state index contributed by atoms with van der Waals surface area (Å²) in [6.45, 7) is 4.18. The SMILES string of the molecule is CC(=O)NC1C(O)OC(COCc2ccccc2)C(O)C1OC1OC(C)C(OCc2ccccc2)C(OCc2ccccc2)C1OCc1ccccc1. The van der Waals surface area contributed by atoms with Crippen LogP contribution in [0.3, 0.4) is 0 Å². The normalized spacial score (nSPS) is 28.7. The fourth-order valence-electron chi connectivity index (χ4n) is 6.62. The minimum Gasteiger partial charge on any atom is -0.388 e. The summed E-state index contributed by atoms with van der Waals surface area (Å²) in [6, 6.07) is 37.8. The first-order chi connectivity index (χ1) is 25.9. The van der Waals surface area contributed by atoms with Gasteiger partial charge in [0.25, 0.3) is 0 Å². The molecule has 2 saturated heterocycles. The Bertz CT molecular complexity index is 1650. The molecular weight excluding hydrogens is 678 g/mol. The van der Waals surface area contributed by atoms with E-state index in [9.17, 15) is 15.0 Å². The molecular formula is C42H49NO10. The van der Waals surface area contributed by atoms with Gasteiger partial charge in [0.2, 0.25) is 5.91 Å². The molecule has 11 heteroatoms. The Morgan fingerprint density at radius 1 is 0.623 bits per heavy atom. The van der Waals surface area contributed by atoms with E-state index in [1.54, 1.807) is 0 Å². The van der Waals surface area contributed by atoms with Crippen LogP contribution >= 0.6 is 0 Å². The summed E-state index contributed by atoms with van der Waals surface area (Å²) in [5.74, 6) is -0.439. The van der Waals surface area contributed by atoms with Gasteiger partial charge in [-0.15, -0.1) is 0 Å². The first-order valence-electron chi connectivity index (χ1n) is 18.0. The summed E-state index contributed by atoms with van der Waals surface area (Å²) in [7, 11) is 0. The third kappa shape index (κ3) is 10.8. The lowest BCUT2D eigenvalue weighted by atomic mass is 9.95. The van der Waals surface area contributed by atoms with E-state index in [0.717, 1.165) is 22.3 Å². The van der Waals surface area contributed by atoms with Crippen LogP contribution in [0.1, 0.15) is 36.1 Å². The van der Waals surface area contributed by atoms with Crippen LogP contribution < -0.4 is 5.32 Å². The van der Waals surface area contributed by atoms with Crippen LogP contribution in [-0.2, 0) is 64.4 Å². The molecule has 2 fully saturated rings. The smallest absolute Gasteiger partial charge is 0.217 e. The van der Waals surface area contributed by atoms with Gasteiger partial charge in [0.15, 0.2) is 12.6 Å². The zero-order valence-electron chi connectivity index (χ0n) is 30.0. The molecule has 1 amide bonds. The number of rotatable bonds is 16. The molecule has 0 aliphatic carbocycles. The molecule has 10 unspecified atom stereocenters. The van der Waals surface area contributed by atoms with Crippen LogP contribution in [0.4, 0.5) is 0 Å². The summed E-state index contributed by atoms with van der Waals surface area (Å²) >= 11 is 0. The molecule has 6 rings (SSSR count). The lowest BCUT2D eigenvalue weighted by Crippen LogP contribution is -2.67. The molecule has 0 aromatic heterocycles. The Balaban J connectivity index is 1.28. The number of aliphatic hydroxyl groups is 2. The van der Waals surface area contributed by atoms with Crippen molar-refractivity contribution in [2.24, 2.45) is 0 Å². The minimum atomic E-state index is -1.52. The second kappa shape index (κ2) is 19.4. The van der Waals surface area contributed by atoms with Crippen LogP contribution in [0.25, 0.3) is 0 Å². The number of hydrogen-bond acceptors (Lipinski definition) is 10. The van der Waals surface area contributed by atoms with E-state index in [0.29, 0.717) is 6.61 Å². The van der Waals surface area contributed by atoms with Gasteiger partial charge in [-0.25, -0.2) is 0 Å². The van der Waals surface area contributed by atoms with Crippen molar-refractivity contribution in [3.63, 3.8) is 0 Å². The number of benzene rings is 4. The Hall–Kier alpha value is -4.01. The third-order valence-corrected chi connectivity index (χ3v) is 9.33. The number of hydrogen-bond donors (Lipinski definition) is 3. The second-order valence-corrected chi connectivity index (χ2v) is 13.4. The molecule has 53 heavy (non-hydrogen) atoms. The van der Waals surface area contributed by atoms with Crippen molar-refractivity contribution >= 4 is 5.91 Å². The molecule has 0 saturated carbocycles. The molecule has 282 valence electrons. The van der Waals surface area contributed by atoms with Crippen molar-refractivity contribution in [3.05, 3.63) is 144 Å². The predicted octanol–water partition coefficient (Wildman–Crippen LogP) is 4.67. The van der Waals surface area contributed by atoms with Crippen molar-refractivity contribution in [1.82, 2.24) is 5.32 Å². The number of amides is 1. The van der Waals surface area contributed by atoms with Crippen LogP contribution in [0.15, 0.2) is 121 Å². The maximum atomic E-state index is 12.4. The van der Waals surface area contributed by atoms with Crippen molar-refractivity contribution in [2.45, 2.75) is 102 Å². The van der Waals surface area contributed by atoms with Gasteiger partial charge in [0.05, 0.1) is 39.1 Å². The number of nitrogens with one attached hydrogen (secondary N) is 1. The Kier molecular flexibility index (Phi) is 14.1. The van der Waals surface area contributed by atoms with Gasteiger partial charge in [-0.1, -0.05) is 121 Å². The van der Waals surface area contributed by atoms with Crippen molar-refractivity contribution in [2.75, 3.05) is 6.61 Å². The number of aliphatic hydroxyl groups excluding tert-OH is 2. The summed E-state index contributed by atoms with van der Waals surface area (Å²) in [5.41, 5.74) is 3.80. The van der Waals surface area contributed by atoms with Crippen LogP contribution in [-0.4, -0.2) is 84.1 Å². The molecule has 0 radical (unpaired) electrons. The van der Waals surface area contributed by atoms with Gasteiger partial charge in [0, 0.05) is 6.92 Å². The highest BCUT2D eigenvalue weighted by Crippen LogP contribution is 2.34.